The Kier molecular flexibility index (Phi) is 3.46. The molecule has 0 radical (unpaired) electrons. The van der Waals surface area contributed by atoms with Gasteiger partial charge in [-0.05, 0) is 18.2 Å². The van der Waals surface area contributed by atoms with Gasteiger partial charge in [0.05, 0.1) is 0 Å². The van der Waals surface area contributed by atoms with E-state index in [2.05, 4.69) is 9.97 Å². The van der Waals surface area contributed by atoms with Crippen LogP contribution in [0.2, 0.25) is 0 Å². The van der Waals surface area contributed by atoms with Crippen molar-refractivity contribution in [3.05, 3.63) is 53.9 Å². The van der Waals surface area contributed by atoms with Gasteiger partial charge in [-0.25, -0.2) is 23.9 Å². The van der Waals surface area contributed by atoms with E-state index in [4.69, 9.17) is 9.84 Å². The number of benzene rings is 1. The molecule has 0 unspecified atom stereocenters. The van der Waals surface area contributed by atoms with Crippen molar-refractivity contribution >= 4 is 11.9 Å². The number of hydrogen-bond acceptors (Lipinski definition) is 5. The number of rotatable bonds is 3. The number of carbonyl (C=O) groups is 2. The number of hydrogen-bond donors (Lipinski definition) is 1. The van der Waals surface area contributed by atoms with Crippen LogP contribution in [0.5, 0.6) is 5.75 Å². The maximum Gasteiger partial charge on any atom is 0.373 e. The fourth-order valence-corrected chi connectivity index (χ4v) is 1.26. The van der Waals surface area contributed by atoms with E-state index in [1.807, 2.05) is 0 Å². The van der Waals surface area contributed by atoms with Crippen LogP contribution in [0.4, 0.5) is 4.39 Å². The number of halogens is 1. The number of aromatic nitrogens is 2. The van der Waals surface area contributed by atoms with Gasteiger partial charge in [-0.2, -0.15) is 0 Å². The van der Waals surface area contributed by atoms with Crippen LogP contribution in [0.15, 0.2) is 36.5 Å². The van der Waals surface area contributed by atoms with Gasteiger partial charge in [-0.1, -0.05) is 12.1 Å². The van der Waals surface area contributed by atoms with Gasteiger partial charge in [0, 0.05) is 6.20 Å². The fraction of sp³-hybridized carbons (Fsp3) is 0. The second-order valence-corrected chi connectivity index (χ2v) is 3.39. The van der Waals surface area contributed by atoms with Gasteiger partial charge < -0.3 is 9.84 Å². The zero-order valence-corrected chi connectivity index (χ0v) is 9.41. The molecule has 2 rings (SSSR count). The van der Waals surface area contributed by atoms with Crippen molar-refractivity contribution < 1.29 is 23.8 Å². The molecule has 0 aliphatic carbocycles. The average molecular weight is 262 g/mol. The van der Waals surface area contributed by atoms with Crippen molar-refractivity contribution in [2.24, 2.45) is 0 Å². The number of carbonyl (C=O) groups excluding carboxylic acids is 1. The molecule has 0 aliphatic heterocycles. The average Bonchev–Trinajstić information content (AvgIpc) is 2.41. The Hall–Kier alpha value is -2.83. The molecule has 96 valence electrons. The SMILES string of the molecule is O=C(Oc1ccccc1F)c1ccnc(C(=O)O)n1. The minimum absolute atomic E-state index is 0.261. The number of aromatic carboxylic acids is 1. The number of para-hydroxylation sites is 1. The van der Waals surface area contributed by atoms with Crippen LogP contribution in [0.1, 0.15) is 21.1 Å². The highest BCUT2D eigenvalue weighted by Gasteiger charge is 2.15. The smallest absolute Gasteiger partial charge is 0.373 e. The first kappa shape index (κ1) is 12.6. The molecule has 1 heterocycles. The van der Waals surface area contributed by atoms with Crippen molar-refractivity contribution in [3.63, 3.8) is 0 Å². The lowest BCUT2D eigenvalue weighted by Gasteiger charge is -2.04. The molecule has 7 heteroatoms. The Morgan fingerprint density at radius 3 is 2.63 bits per heavy atom. The van der Waals surface area contributed by atoms with Crippen LogP contribution in [-0.4, -0.2) is 27.0 Å². The summed E-state index contributed by atoms with van der Waals surface area (Å²) in [5.74, 6) is -3.84. The second kappa shape index (κ2) is 5.21. The fourth-order valence-electron chi connectivity index (χ4n) is 1.26. The van der Waals surface area contributed by atoms with Gasteiger partial charge in [0.25, 0.3) is 0 Å². The van der Waals surface area contributed by atoms with E-state index in [1.165, 1.54) is 24.3 Å². The first-order valence-corrected chi connectivity index (χ1v) is 5.11. The molecule has 1 aromatic carbocycles. The highest BCUT2D eigenvalue weighted by atomic mass is 19.1. The lowest BCUT2D eigenvalue weighted by molar-refractivity contribution is 0.0682. The molecule has 0 atom stereocenters. The standard InChI is InChI=1S/C12H7FN2O4/c13-7-3-1-2-4-9(7)19-12(18)8-5-6-14-10(15-8)11(16)17/h1-6H,(H,16,17). The normalized spacial score (nSPS) is 9.95. The molecule has 2 aromatic rings. The Balaban J connectivity index is 2.23. The lowest BCUT2D eigenvalue weighted by Crippen LogP contribution is -2.14. The van der Waals surface area contributed by atoms with Gasteiger partial charge in [-0.3, -0.25) is 0 Å². The largest absolute Gasteiger partial charge is 0.475 e. The van der Waals surface area contributed by atoms with Crippen molar-refractivity contribution in [2.75, 3.05) is 0 Å². The predicted octanol–water partition coefficient (Wildman–Crippen LogP) is 1.53. The van der Waals surface area contributed by atoms with Gasteiger partial charge >= 0.3 is 11.9 Å². The topological polar surface area (TPSA) is 89.4 Å². The number of carboxylic acid groups (broad SMARTS) is 1. The van der Waals surface area contributed by atoms with Crippen LogP contribution >= 0.6 is 0 Å². The summed E-state index contributed by atoms with van der Waals surface area (Å²) in [7, 11) is 0. The van der Waals surface area contributed by atoms with Crippen molar-refractivity contribution in [1.82, 2.24) is 9.97 Å². The van der Waals surface area contributed by atoms with Crippen LogP contribution < -0.4 is 4.74 Å². The van der Waals surface area contributed by atoms with E-state index < -0.39 is 23.6 Å². The third-order valence-electron chi connectivity index (χ3n) is 2.10. The summed E-state index contributed by atoms with van der Waals surface area (Å²) >= 11 is 0. The predicted molar refractivity (Wildman–Crippen MR) is 60.3 cm³/mol. The molecule has 0 aliphatic rings. The molecular formula is C12H7FN2O4. The minimum Gasteiger partial charge on any atom is -0.475 e. The van der Waals surface area contributed by atoms with Gasteiger partial charge in [0.2, 0.25) is 5.82 Å². The second-order valence-electron chi connectivity index (χ2n) is 3.39. The van der Waals surface area contributed by atoms with E-state index in [0.29, 0.717) is 0 Å². The minimum atomic E-state index is -1.37. The van der Waals surface area contributed by atoms with Crippen molar-refractivity contribution in [3.8, 4) is 5.75 Å². The molecule has 1 aromatic heterocycles. The quantitative estimate of drug-likeness (QED) is 0.666. The summed E-state index contributed by atoms with van der Waals surface area (Å²) in [4.78, 5) is 29.3. The molecule has 0 fully saturated rings. The Labute approximate surface area is 106 Å². The Morgan fingerprint density at radius 2 is 1.95 bits per heavy atom. The first-order valence-electron chi connectivity index (χ1n) is 5.11. The molecule has 0 spiro atoms. The summed E-state index contributed by atoms with van der Waals surface area (Å²) in [6.07, 6.45) is 1.11. The third kappa shape index (κ3) is 2.89. The summed E-state index contributed by atoms with van der Waals surface area (Å²) in [5, 5.41) is 8.69. The molecular weight excluding hydrogens is 255 g/mol. The zero-order chi connectivity index (χ0) is 13.8. The molecule has 1 N–H and O–H groups in total. The zero-order valence-electron chi connectivity index (χ0n) is 9.41. The van der Waals surface area contributed by atoms with Gasteiger partial charge in [0.15, 0.2) is 17.3 Å². The van der Waals surface area contributed by atoms with E-state index in [1.54, 1.807) is 0 Å². The number of ether oxygens (including phenoxy) is 1. The molecule has 0 saturated carbocycles. The van der Waals surface area contributed by atoms with Gasteiger partial charge in [-0.15, -0.1) is 0 Å². The van der Waals surface area contributed by atoms with E-state index in [9.17, 15) is 14.0 Å². The van der Waals surface area contributed by atoms with Crippen LogP contribution in [0, 0.1) is 5.82 Å². The van der Waals surface area contributed by atoms with Gasteiger partial charge in [0.1, 0.15) is 0 Å². The van der Waals surface area contributed by atoms with E-state index in [-0.39, 0.29) is 11.4 Å². The number of nitrogens with zero attached hydrogens (tertiary/aromatic N) is 2. The molecule has 19 heavy (non-hydrogen) atoms. The third-order valence-corrected chi connectivity index (χ3v) is 2.10. The van der Waals surface area contributed by atoms with Crippen LogP contribution in [0.25, 0.3) is 0 Å². The molecule has 0 bridgehead atoms. The summed E-state index contributed by atoms with van der Waals surface area (Å²) in [6.45, 7) is 0. The highest BCUT2D eigenvalue weighted by molar-refractivity contribution is 5.90. The first-order chi connectivity index (χ1) is 9.08. The van der Waals surface area contributed by atoms with E-state index >= 15 is 0 Å². The Bertz CT molecular complexity index is 645. The highest BCUT2D eigenvalue weighted by Crippen LogP contribution is 2.16. The van der Waals surface area contributed by atoms with Crippen molar-refractivity contribution in [2.45, 2.75) is 0 Å². The number of esters is 1. The Morgan fingerprint density at radius 1 is 1.21 bits per heavy atom. The summed E-state index contributed by atoms with van der Waals surface area (Å²) < 4.78 is 18.0. The monoisotopic (exact) mass is 262 g/mol. The number of carboxylic acids is 1. The maximum atomic E-state index is 13.3. The van der Waals surface area contributed by atoms with E-state index in [0.717, 1.165) is 12.3 Å². The van der Waals surface area contributed by atoms with Crippen LogP contribution in [0.3, 0.4) is 0 Å². The van der Waals surface area contributed by atoms with Crippen LogP contribution in [-0.2, 0) is 0 Å². The van der Waals surface area contributed by atoms with Crippen molar-refractivity contribution in [1.29, 1.82) is 0 Å². The summed E-state index contributed by atoms with van der Waals surface area (Å²) in [6, 6.07) is 6.52. The summed E-state index contributed by atoms with van der Waals surface area (Å²) in [5.41, 5.74) is -0.268. The molecule has 0 saturated heterocycles. The lowest BCUT2D eigenvalue weighted by atomic mass is 10.3. The molecule has 6 nitrogen and oxygen atoms in total. The molecule has 0 amide bonds. The maximum absolute atomic E-state index is 13.3.